The van der Waals surface area contributed by atoms with E-state index >= 15 is 0 Å². The van der Waals surface area contributed by atoms with Gasteiger partial charge in [-0.15, -0.1) is 0 Å². The minimum atomic E-state index is -4.09. The number of hydrogen-bond acceptors (Lipinski definition) is 9. The molecule has 63 heavy (non-hydrogen) atoms. The molecule has 0 saturated heterocycles. The van der Waals surface area contributed by atoms with Crippen LogP contribution in [0.15, 0.2) is 137 Å². The van der Waals surface area contributed by atoms with Crippen molar-refractivity contribution in [2.75, 3.05) is 35.4 Å². The molecular weight excluding hydrogens is 872 g/mol. The van der Waals surface area contributed by atoms with Gasteiger partial charge in [-0.2, -0.15) is 13.0 Å². The Balaban J connectivity index is 0.932. The molecule has 0 radical (unpaired) electrons. The Morgan fingerprint density at radius 2 is 1.75 bits per heavy atom. The van der Waals surface area contributed by atoms with Gasteiger partial charge in [-0.1, -0.05) is 108 Å². The van der Waals surface area contributed by atoms with E-state index in [1.807, 2.05) is 77.7 Å². The van der Waals surface area contributed by atoms with Crippen LogP contribution in [0.4, 0.5) is 11.4 Å². The van der Waals surface area contributed by atoms with Gasteiger partial charge in [-0.25, -0.2) is 4.79 Å². The standard InChI is InChI=1S/C49H49ClN4O6S3/c1-2-34(27-48-53(24-11-25-63(57,58)59)42-28-37(18-20-45(42)61-48)35-12-4-3-5-13-35)26-47-52(43-30-39(50)19-21-46(43)62-47)23-9-8-22-51-33-60-41-17-10-16-40(31-41)54-32-38-15-7-6-14-36(38)29-44(54)49(55)56/h3-7,10,12-21,26-28,30-31,44,51H,2,8-9,11,22-25,29,32-33H2,1H3,(H-,55,56,57,58,59)/p+1. The Morgan fingerprint density at radius 1 is 0.937 bits per heavy atom. The number of aliphatic carboxylic acids is 1. The summed E-state index contributed by atoms with van der Waals surface area (Å²) in [5, 5.41) is 16.3. The van der Waals surface area contributed by atoms with Crippen LogP contribution in [0, 0.1) is 0 Å². The largest absolute Gasteiger partial charge is 0.480 e. The van der Waals surface area contributed by atoms with Crippen molar-refractivity contribution in [2.45, 2.75) is 63.1 Å². The Kier molecular flexibility index (Phi) is 14.2. The van der Waals surface area contributed by atoms with Crippen molar-refractivity contribution >= 4 is 78.5 Å². The minimum absolute atomic E-state index is 0.283. The van der Waals surface area contributed by atoms with Crippen LogP contribution in [-0.2, 0) is 34.4 Å². The zero-order valence-corrected chi connectivity index (χ0v) is 38.2. The predicted octanol–water partition coefficient (Wildman–Crippen LogP) is 10.5. The molecule has 0 bridgehead atoms. The van der Waals surface area contributed by atoms with Gasteiger partial charge < -0.3 is 19.6 Å². The summed E-state index contributed by atoms with van der Waals surface area (Å²) in [6, 6.07) is 37.7. The first kappa shape index (κ1) is 44.5. The van der Waals surface area contributed by atoms with E-state index in [-0.39, 0.29) is 12.2 Å². The lowest BCUT2D eigenvalue weighted by atomic mass is 9.93. The molecule has 0 aliphatic carbocycles. The van der Waals surface area contributed by atoms with E-state index in [1.165, 1.54) is 0 Å². The van der Waals surface area contributed by atoms with Crippen LogP contribution in [0.3, 0.4) is 0 Å². The minimum Gasteiger partial charge on any atom is -0.480 e. The Morgan fingerprint density at radius 3 is 2.54 bits per heavy atom. The number of nitrogens with zero attached hydrogens (tertiary/aromatic N) is 3. The lowest BCUT2D eigenvalue weighted by molar-refractivity contribution is -0.668. The summed E-state index contributed by atoms with van der Waals surface area (Å²) in [7, 11) is -4.09. The number of aryl methyl sites for hydroxylation is 1. The molecule has 2 aliphatic rings. The molecule has 3 heterocycles. The molecule has 6 aromatic rings. The van der Waals surface area contributed by atoms with Crippen LogP contribution in [-0.4, -0.2) is 55.7 Å². The Hall–Kier alpha value is -5.15. The first-order chi connectivity index (χ1) is 30.5. The number of nitrogens with one attached hydrogen (secondary N) is 1. The maximum Gasteiger partial charge on any atom is 0.326 e. The third-order valence-electron chi connectivity index (χ3n) is 11.3. The molecular formula is C49H50ClN4O6S3+. The van der Waals surface area contributed by atoms with Gasteiger partial charge in [0.15, 0.2) is 6.54 Å². The average molecular weight is 923 g/mol. The molecule has 0 fully saturated rings. The Labute approximate surface area is 382 Å². The van der Waals surface area contributed by atoms with Gasteiger partial charge in [0.2, 0.25) is 5.52 Å². The van der Waals surface area contributed by atoms with Crippen molar-refractivity contribution in [3.63, 3.8) is 0 Å². The quantitative estimate of drug-likeness (QED) is 0.0332. The van der Waals surface area contributed by atoms with Gasteiger partial charge in [0.25, 0.3) is 15.1 Å². The highest BCUT2D eigenvalue weighted by molar-refractivity contribution is 8.03. The smallest absolute Gasteiger partial charge is 0.326 e. The number of aromatic nitrogens is 1. The number of carbonyl (C=O) groups is 1. The fraction of sp³-hybridized carbons (Fsp3) is 0.265. The SMILES string of the molecule is CCC(=Cc1sc2ccc(-c3ccccc3)cc2[n+]1CCCS(=O)(=O)O)C=C1Sc2ccc(Cl)cc2N1CCCCNCOc1cccc(N2Cc3ccccc3CC2C(=O)O)c1. The van der Waals surface area contributed by atoms with Crippen molar-refractivity contribution in [1.82, 2.24) is 5.32 Å². The van der Waals surface area contributed by atoms with Gasteiger partial charge in [0.05, 0.1) is 16.5 Å². The van der Waals surface area contributed by atoms with Gasteiger partial charge in [0.1, 0.15) is 23.2 Å². The Bertz CT molecular complexity index is 2780. The van der Waals surface area contributed by atoms with E-state index in [2.05, 4.69) is 76.3 Å². The van der Waals surface area contributed by atoms with Crippen molar-refractivity contribution < 1.29 is 32.2 Å². The number of unbranched alkanes of at least 4 members (excludes halogenated alkanes) is 1. The van der Waals surface area contributed by atoms with Crippen LogP contribution in [0.5, 0.6) is 5.75 Å². The summed E-state index contributed by atoms with van der Waals surface area (Å²) in [6.07, 6.45) is 7.80. The summed E-state index contributed by atoms with van der Waals surface area (Å²) in [5.74, 6) is -0.470. The number of benzene rings is 5. The van der Waals surface area contributed by atoms with E-state index in [4.69, 9.17) is 16.3 Å². The summed E-state index contributed by atoms with van der Waals surface area (Å²) >= 11 is 9.94. The number of carboxylic acid groups (broad SMARTS) is 1. The maximum atomic E-state index is 12.3. The van der Waals surface area contributed by atoms with Crippen LogP contribution in [0.1, 0.15) is 48.7 Å². The summed E-state index contributed by atoms with van der Waals surface area (Å²) in [6.45, 7) is 4.97. The normalized spacial score (nSPS) is 15.8. The first-order valence-corrected chi connectivity index (χ1v) is 24.8. The van der Waals surface area contributed by atoms with Crippen molar-refractivity contribution in [1.29, 1.82) is 0 Å². The molecule has 1 atom stereocenters. The van der Waals surface area contributed by atoms with Gasteiger partial charge in [-0.05, 0) is 96.1 Å². The van der Waals surface area contributed by atoms with Crippen LogP contribution in [0.2, 0.25) is 5.02 Å². The lowest BCUT2D eigenvalue weighted by Gasteiger charge is -2.36. The second-order valence-corrected chi connectivity index (χ2v) is 19.8. The molecule has 2 aliphatic heterocycles. The first-order valence-electron chi connectivity index (χ1n) is 21.2. The molecule has 1 unspecified atom stereocenters. The van der Waals surface area contributed by atoms with E-state index < -0.39 is 22.1 Å². The van der Waals surface area contributed by atoms with E-state index in [9.17, 15) is 22.9 Å². The molecule has 0 spiro atoms. The zero-order chi connectivity index (χ0) is 43.9. The van der Waals surface area contributed by atoms with Gasteiger partial charge in [-0.3, -0.25) is 9.87 Å². The number of rotatable bonds is 18. The second-order valence-electron chi connectivity index (χ2n) is 15.6. The highest BCUT2D eigenvalue weighted by atomic mass is 35.5. The topological polar surface area (TPSA) is 123 Å². The highest BCUT2D eigenvalue weighted by Gasteiger charge is 2.32. The highest BCUT2D eigenvalue weighted by Crippen LogP contribution is 2.47. The summed E-state index contributed by atoms with van der Waals surface area (Å²) < 4.78 is 42.3. The maximum absolute atomic E-state index is 12.3. The number of halogens is 1. The molecule has 326 valence electrons. The zero-order valence-electron chi connectivity index (χ0n) is 35.0. The summed E-state index contributed by atoms with van der Waals surface area (Å²) in [4.78, 5) is 17.7. The number of carboxylic acids is 1. The number of thiazole rings is 1. The fourth-order valence-electron chi connectivity index (χ4n) is 8.12. The number of allylic oxidation sites excluding steroid dienone is 2. The number of thioether (sulfide) groups is 1. The number of anilines is 2. The molecule has 10 nitrogen and oxygen atoms in total. The molecule has 8 rings (SSSR count). The number of ether oxygens (including phenoxy) is 1. The van der Waals surface area contributed by atoms with Crippen molar-refractivity contribution in [3.8, 4) is 16.9 Å². The number of hydrogen-bond donors (Lipinski definition) is 3. The molecule has 0 amide bonds. The molecule has 5 aromatic carbocycles. The fourth-order valence-corrected chi connectivity index (χ4v) is 11.1. The van der Waals surface area contributed by atoms with Gasteiger partial charge >= 0.3 is 5.97 Å². The summed E-state index contributed by atoms with van der Waals surface area (Å²) in [5.41, 5.74) is 8.46. The molecule has 1 aromatic heterocycles. The van der Waals surface area contributed by atoms with E-state index in [1.54, 1.807) is 23.1 Å². The van der Waals surface area contributed by atoms with Gasteiger partial charge in [0, 0.05) is 59.7 Å². The van der Waals surface area contributed by atoms with Crippen LogP contribution < -0.4 is 24.4 Å². The average Bonchev–Trinajstić information content (AvgIpc) is 3.80. The van der Waals surface area contributed by atoms with Crippen molar-refractivity contribution in [2.24, 2.45) is 0 Å². The number of fused-ring (bicyclic) bond motifs is 3. The second kappa shape index (κ2) is 20.1. The molecule has 3 N–H and O–H groups in total. The third-order valence-corrected chi connectivity index (χ3v) is 14.6. The van der Waals surface area contributed by atoms with Crippen LogP contribution >= 0.6 is 34.7 Å². The lowest BCUT2D eigenvalue weighted by Crippen LogP contribution is -2.45. The molecule has 14 heteroatoms. The molecule has 0 saturated carbocycles. The third kappa shape index (κ3) is 11.0. The predicted molar refractivity (Wildman–Crippen MR) is 256 cm³/mol. The van der Waals surface area contributed by atoms with E-state index in [0.29, 0.717) is 37.0 Å². The van der Waals surface area contributed by atoms with E-state index in [0.717, 1.165) is 96.7 Å². The van der Waals surface area contributed by atoms with Crippen LogP contribution in [0.25, 0.3) is 27.4 Å². The van der Waals surface area contributed by atoms with Crippen molar-refractivity contribution in [3.05, 3.63) is 153 Å². The monoisotopic (exact) mass is 921 g/mol.